The van der Waals surface area contributed by atoms with Crippen molar-refractivity contribution in [2.24, 2.45) is 0 Å². The van der Waals surface area contributed by atoms with Crippen molar-refractivity contribution < 1.29 is 9.21 Å². The molecule has 0 aliphatic carbocycles. The van der Waals surface area contributed by atoms with Crippen LogP contribution in [0.3, 0.4) is 0 Å². The summed E-state index contributed by atoms with van der Waals surface area (Å²) in [6.07, 6.45) is 2.97. The molecule has 2 heterocycles. The minimum absolute atomic E-state index is 0.0605. The van der Waals surface area contributed by atoms with E-state index in [4.69, 9.17) is 4.42 Å². The minimum atomic E-state index is -0.533. The van der Waals surface area contributed by atoms with Gasteiger partial charge >= 0.3 is 0 Å². The number of anilines is 1. The van der Waals surface area contributed by atoms with E-state index in [1.807, 2.05) is 36.4 Å². The second-order valence-corrected chi connectivity index (χ2v) is 4.91. The van der Waals surface area contributed by atoms with Crippen LogP contribution in [0.4, 0.5) is 5.82 Å². The maximum absolute atomic E-state index is 12.1. The lowest BCUT2D eigenvalue weighted by atomic mass is 10.2. The number of furan rings is 1. The third-order valence-electron chi connectivity index (χ3n) is 3.24. The van der Waals surface area contributed by atoms with E-state index in [9.17, 15) is 10.1 Å². The third kappa shape index (κ3) is 3.57. The number of hydrogen-bond donors (Lipinski definition) is 1. The van der Waals surface area contributed by atoms with Gasteiger partial charge in [0.05, 0.1) is 0 Å². The monoisotopic (exact) mass is 315 g/mol. The van der Waals surface area contributed by atoms with Crippen molar-refractivity contribution in [3.05, 3.63) is 78.2 Å². The van der Waals surface area contributed by atoms with E-state index >= 15 is 0 Å². The molecule has 0 radical (unpaired) electrons. The van der Waals surface area contributed by atoms with Crippen LogP contribution >= 0.6 is 0 Å². The summed E-state index contributed by atoms with van der Waals surface area (Å²) in [4.78, 5) is 16.1. The standard InChI is InChI=1S/C19H13N3O2/c20-13-15(19(23)22-18-8-4-5-11-21-18)12-16-9-10-17(24-16)14-6-2-1-3-7-14/h1-12H,(H,21,22,23)/b15-12+. The topological polar surface area (TPSA) is 78.9 Å². The zero-order valence-corrected chi connectivity index (χ0v) is 12.6. The van der Waals surface area contributed by atoms with Gasteiger partial charge in [-0.05, 0) is 24.3 Å². The fourth-order valence-electron chi connectivity index (χ4n) is 2.10. The first kappa shape index (κ1) is 15.3. The average Bonchev–Trinajstić information content (AvgIpc) is 3.10. The van der Waals surface area contributed by atoms with Crippen LogP contribution < -0.4 is 5.32 Å². The van der Waals surface area contributed by atoms with Gasteiger partial charge in [-0.15, -0.1) is 0 Å². The Kier molecular flexibility index (Phi) is 4.50. The van der Waals surface area contributed by atoms with Crippen LogP contribution in [0.5, 0.6) is 0 Å². The van der Waals surface area contributed by atoms with Crippen LogP contribution in [0.1, 0.15) is 5.76 Å². The number of pyridine rings is 1. The Labute approximate surface area is 138 Å². The molecular formula is C19H13N3O2. The number of amides is 1. The molecule has 5 nitrogen and oxygen atoms in total. The number of benzene rings is 1. The Morgan fingerprint density at radius 1 is 1.08 bits per heavy atom. The van der Waals surface area contributed by atoms with Gasteiger partial charge in [0.15, 0.2) is 0 Å². The number of carbonyl (C=O) groups is 1. The molecule has 1 N–H and O–H groups in total. The predicted octanol–water partition coefficient (Wildman–Crippen LogP) is 3.89. The number of nitrogens with one attached hydrogen (secondary N) is 1. The van der Waals surface area contributed by atoms with Gasteiger partial charge < -0.3 is 9.73 Å². The quantitative estimate of drug-likeness (QED) is 0.585. The zero-order chi connectivity index (χ0) is 16.8. The van der Waals surface area contributed by atoms with Crippen molar-refractivity contribution in [3.63, 3.8) is 0 Å². The molecule has 1 aromatic carbocycles. The fourth-order valence-corrected chi connectivity index (χ4v) is 2.10. The van der Waals surface area contributed by atoms with E-state index in [1.54, 1.807) is 36.5 Å². The van der Waals surface area contributed by atoms with Crippen LogP contribution in [0.15, 0.2) is 76.9 Å². The molecule has 24 heavy (non-hydrogen) atoms. The van der Waals surface area contributed by atoms with Crippen LogP contribution in [0, 0.1) is 11.3 Å². The van der Waals surface area contributed by atoms with Crippen molar-refractivity contribution in [3.8, 4) is 17.4 Å². The number of carbonyl (C=O) groups excluding carboxylic acids is 1. The van der Waals surface area contributed by atoms with Gasteiger partial charge in [0.1, 0.15) is 29.0 Å². The Balaban J connectivity index is 1.80. The lowest BCUT2D eigenvalue weighted by Crippen LogP contribution is -2.14. The first-order chi connectivity index (χ1) is 11.8. The van der Waals surface area contributed by atoms with Crippen LogP contribution in [0.2, 0.25) is 0 Å². The second kappa shape index (κ2) is 7.07. The summed E-state index contributed by atoms with van der Waals surface area (Å²) in [5.74, 6) is 0.952. The van der Waals surface area contributed by atoms with Gasteiger partial charge in [-0.1, -0.05) is 36.4 Å². The average molecular weight is 315 g/mol. The SMILES string of the molecule is N#C/C(=C\c1ccc(-c2ccccc2)o1)C(=O)Nc1ccccn1. The lowest BCUT2D eigenvalue weighted by molar-refractivity contribution is -0.112. The molecule has 0 aliphatic rings. The molecule has 0 aliphatic heterocycles. The Morgan fingerprint density at radius 3 is 2.58 bits per heavy atom. The van der Waals surface area contributed by atoms with Crippen molar-refractivity contribution in [1.29, 1.82) is 5.26 Å². The molecule has 0 saturated carbocycles. The second-order valence-electron chi connectivity index (χ2n) is 4.91. The van der Waals surface area contributed by atoms with E-state index in [2.05, 4.69) is 10.3 Å². The number of nitriles is 1. The van der Waals surface area contributed by atoms with Gasteiger partial charge in [-0.3, -0.25) is 4.79 Å². The van der Waals surface area contributed by atoms with Crippen LogP contribution in [0.25, 0.3) is 17.4 Å². The van der Waals surface area contributed by atoms with Crippen LogP contribution in [-0.2, 0) is 4.79 Å². The molecule has 2 aromatic heterocycles. The van der Waals surface area contributed by atoms with E-state index in [1.165, 1.54) is 6.08 Å². The Morgan fingerprint density at radius 2 is 1.88 bits per heavy atom. The van der Waals surface area contributed by atoms with Gasteiger partial charge in [0.25, 0.3) is 5.91 Å². The van der Waals surface area contributed by atoms with Crippen molar-refractivity contribution in [1.82, 2.24) is 4.98 Å². The van der Waals surface area contributed by atoms with Gasteiger partial charge in [-0.25, -0.2) is 4.98 Å². The van der Waals surface area contributed by atoms with Crippen LogP contribution in [-0.4, -0.2) is 10.9 Å². The molecule has 116 valence electrons. The summed E-state index contributed by atoms with van der Waals surface area (Å²) in [7, 11) is 0. The number of nitrogens with zero attached hydrogens (tertiary/aromatic N) is 2. The normalized spacial score (nSPS) is 10.9. The zero-order valence-electron chi connectivity index (χ0n) is 12.6. The molecule has 3 aromatic rings. The third-order valence-corrected chi connectivity index (χ3v) is 3.24. The summed E-state index contributed by atoms with van der Waals surface area (Å²) in [6, 6.07) is 20.1. The summed E-state index contributed by atoms with van der Waals surface area (Å²) in [6.45, 7) is 0. The maximum Gasteiger partial charge on any atom is 0.267 e. The van der Waals surface area contributed by atoms with Crippen molar-refractivity contribution >= 4 is 17.8 Å². The highest BCUT2D eigenvalue weighted by molar-refractivity contribution is 6.09. The Hall–Kier alpha value is -3.65. The number of aromatic nitrogens is 1. The number of rotatable bonds is 4. The summed E-state index contributed by atoms with van der Waals surface area (Å²) < 4.78 is 5.68. The van der Waals surface area contributed by atoms with Crippen molar-refractivity contribution in [2.45, 2.75) is 0 Å². The number of hydrogen-bond acceptors (Lipinski definition) is 4. The van der Waals surface area contributed by atoms with E-state index < -0.39 is 5.91 Å². The predicted molar refractivity (Wildman–Crippen MR) is 90.6 cm³/mol. The highest BCUT2D eigenvalue weighted by Gasteiger charge is 2.11. The fraction of sp³-hybridized carbons (Fsp3) is 0. The smallest absolute Gasteiger partial charge is 0.267 e. The summed E-state index contributed by atoms with van der Waals surface area (Å²) >= 11 is 0. The van der Waals surface area contributed by atoms with Gasteiger partial charge in [0.2, 0.25) is 0 Å². The molecule has 0 unspecified atom stereocenters. The van der Waals surface area contributed by atoms with E-state index in [0.717, 1.165) is 5.56 Å². The molecular weight excluding hydrogens is 302 g/mol. The molecule has 3 rings (SSSR count). The van der Waals surface area contributed by atoms with E-state index in [0.29, 0.717) is 17.3 Å². The molecule has 0 saturated heterocycles. The largest absolute Gasteiger partial charge is 0.457 e. The first-order valence-corrected chi connectivity index (χ1v) is 7.26. The van der Waals surface area contributed by atoms with Gasteiger partial charge in [0, 0.05) is 17.8 Å². The lowest BCUT2D eigenvalue weighted by Gasteiger charge is -2.02. The summed E-state index contributed by atoms with van der Waals surface area (Å²) in [5, 5.41) is 11.8. The van der Waals surface area contributed by atoms with Gasteiger partial charge in [-0.2, -0.15) is 5.26 Å². The first-order valence-electron chi connectivity index (χ1n) is 7.26. The molecule has 0 bridgehead atoms. The Bertz CT molecular complexity index is 907. The molecule has 0 spiro atoms. The molecule has 0 atom stereocenters. The molecule has 1 amide bonds. The highest BCUT2D eigenvalue weighted by Crippen LogP contribution is 2.23. The summed E-state index contributed by atoms with van der Waals surface area (Å²) in [5.41, 5.74) is 0.864. The maximum atomic E-state index is 12.1. The highest BCUT2D eigenvalue weighted by atomic mass is 16.3. The van der Waals surface area contributed by atoms with Crippen molar-refractivity contribution in [2.75, 3.05) is 5.32 Å². The molecule has 5 heteroatoms. The van der Waals surface area contributed by atoms with E-state index in [-0.39, 0.29) is 5.57 Å². The minimum Gasteiger partial charge on any atom is -0.457 e. The molecule has 0 fully saturated rings.